The van der Waals surface area contributed by atoms with E-state index in [1.165, 1.54) is 6.92 Å². The number of hydrogen-bond acceptors (Lipinski definition) is 4. The summed E-state index contributed by atoms with van der Waals surface area (Å²) in [4.78, 5) is 24.1. The standard InChI is InChI=1S/C19H16O4.Nd/c1-12(20)11-15(13-7-3-2-4-8-13)17-18(21)14-9-5-6-10-16(14)23-19(17)22;/h2-10,15,21H,11H2,1H3;/q;+3. The van der Waals surface area contributed by atoms with E-state index in [-0.39, 0.29) is 64.4 Å². The Morgan fingerprint density at radius 3 is 2.38 bits per heavy atom. The minimum Gasteiger partial charge on any atom is -0.507 e. The molecule has 1 unspecified atom stereocenters. The zero-order chi connectivity index (χ0) is 16.4. The third kappa shape index (κ3) is 3.75. The van der Waals surface area contributed by atoms with Crippen molar-refractivity contribution in [1.29, 1.82) is 0 Å². The summed E-state index contributed by atoms with van der Waals surface area (Å²) in [6.45, 7) is 1.47. The number of hydrogen-bond donors (Lipinski definition) is 1. The molecule has 1 atom stereocenters. The van der Waals surface area contributed by atoms with E-state index in [0.29, 0.717) is 11.0 Å². The van der Waals surface area contributed by atoms with Crippen LogP contribution < -0.4 is 5.63 Å². The second kappa shape index (κ2) is 8.03. The first kappa shape index (κ1) is 18.8. The van der Waals surface area contributed by atoms with Crippen LogP contribution in [0.4, 0.5) is 0 Å². The number of benzene rings is 2. The molecule has 1 radical (unpaired) electrons. The van der Waals surface area contributed by atoms with Crippen LogP contribution in [-0.2, 0) is 4.79 Å². The first-order chi connectivity index (χ1) is 11.1. The molecule has 4 nitrogen and oxygen atoms in total. The van der Waals surface area contributed by atoms with E-state index in [9.17, 15) is 14.7 Å². The van der Waals surface area contributed by atoms with Crippen LogP contribution in [0.25, 0.3) is 11.0 Å². The number of rotatable bonds is 4. The van der Waals surface area contributed by atoms with Gasteiger partial charge in [-0.25, -0.2) is 4.79 Å². The fraction of sp³-hybridized carbons (Fsp3) is 0.158. The van der Waals surface area contributed by atoms with Gasteiger partial charge in [-0.15, -0.1) is 0 Å². The molecule has 3 aromatic rings. The maximum atomic E-state index is 12.4. The van der Waals surface area contributed by atoms with Gasteiger partial charge in [0, 0.05) is 12.3 Å². The van der Waals surface area contributed by atoms with Gasteiger partial charge in [0.1, 0.15) is 17.1 Å². The van der Waals surface area contributed by atoms with Gasteiger partial charge >= 0.3 is 46.5 Å². The first-order valence-corrected chi connectivity index (χ1v) is 7.37. The summed E-state index contributed by atoms with van der Waals surface area (Å²) >= 11 is 0. The first-order valence-electron chi connectivity index (χ1n) is 7.37. The average Bonchev–Trinajstić information content (AvgIpc) is 2.54. The number of carbonyl (C=O) groups excluding carboxylic acids is 1. The van der Waals surface area contributed by atoms with Crippen molar-refractivity contribution in [2.45, 2.75) is 19.3 Å². The van der Waals surface area contributed by atoms with E-state index < -0.39 is 11.5 Å². The molecule has 117 valence electrons. The Balaban J connectivity index is 0.00000208. The van der Waals surface area contributed by atoms with Crippen molar-refractivity contribution in [2.24, 2.45) is 0 Å². The summed E-state index contributed by atoms with van der Waals surface area (Å²) in [5, 5.41) is 11.1. The number of Topliss-reactive ketones (excluding diaryl/α,β-unsaturated/α-hetero) is 1. The van der Waals surface area contributed by atoms with Gasteiger partial charge in [-0.05, 0) is 24.6 Å². The Morgan fingerprint density at radius 1 is 1.08 bits per heavy atom. The van der Waals surface area contributed by atoms with Crippen LogP contribution in [0.2, 0.25) is 0 Å². The molecule has 0 saturated carbocycles. The zero-order valence-electron chi connectivity index (χ0n) is 13.2. The molecule has 0 saturated heterocycles. The average molecular weight is 453 g/mol. The van der Waals surface area contributed by atoms with Gasteiger partial charge in [0.25, 0.3) is 0 Å². The van der Waals surface area contributed by atoms with Gasteiger partial charge in [-0.3, -0.25) is 4.79 Å². The van der Waals surface area contributed by atoms with E-state index in [4.69, 9.17) is 4.42 Å². The molecule has 2 aromatic carbocycles. The molecule has 0 bridgehead atoms. The van der Waals surface area contributed by atoms with Gasteiger partial charge in [0.05, 0.1) is 10.9 Å². The summed E-state index contributed by atoms with van der Waals surface area (Å²) < 4.78 is 5.33. The molecule has 0 aliphatic carbocycles. The second-order valence-electron chi connectivity index (χ2n) is 5.52. The molecule has 5 heteroatoms. The van der Waals surface area contributed by atoms with Crippen LogP contribution in [0.1, 0.15) is 30.4 Å². The van der Waals surface area contributed by atoms with Crippen molar-refractivity contribution in [3.05, 3.63) is 76.1 Å². The SMILES string of the molecule is CC(=O)CC(c1ccccc1)c1c(O)c2ccccc2oc1=O.[Nd+3]. The number of ketones is 1. The fourth-order valence-corrected chi connectivity index (χ4v) is 2.81. The third-order valence-electron chi connectivity index (χ3n) is 3.86. The number of fused-ring (bicyclic) bond motifs is 1. The smallest absolute Gasteiger partial charge is 0.507 e. The molecule has 1 aromatic heterocycles. The van der Waals surface area contributed by atoms with E-state index in [1.807, 2.05) is 30.3 Å². The van der Waals surface area contributed by atoms with E-state index in [2.05, 4.69) is 0 Å². The number of carbonyl (C=O) groups is 1. The van der Waals surface area contributed by atoms with Gasteiger partial charge in [0.15, 0.2) is 0 Å². The van der Waals surface area contributed by atoms with Crippen molar-refractivity contribution < 1.29 is 55.2 Å². The third-order valence-corrected chi connectivity index (χ3v) is 3.86. The van der Waals surface area contributed by atoms with Gasteiger partial charge in [0.2, 0.25) is 0 Å². The Labute approximate surface area is 172 Å². The largest absolute Gasteiger partial charge is 3.00 e. The van der Waals surface area contributed by atoms with E-state index >= 15 is 0 Å². The van der Waals surface area contributed by atoms with E-state index in [1.54, 1.807) is 24.3 Å². The summed E-state index contributed by atoms with van der Waals surface area (Å²) in [6.07, 6.45) is 0.126. The Bertz CT molecular complexity index is 916. The molecule has 3 rings (SSSR count). The predicted molar refractivity (Wildman–Crippen MR) is 87.7 cm³/mol. The molecule has 24 heavy (non-hydrogen) atoms. The normalized spacial score (nSPS) is 11.7. The second-order valence-corrected chi connectivity index (χ2v) is 5.52. The minimum atomic E-state index is -0.615. The quantitative estimate of drug-likeness (QED) is 0.614. The van der Waals surface area contributed by atoms with Crippen LogP contribution in [0.5, 0.6) is 5.75 Å². The molecular formula is C19H16NdO4+3. The Kier molecular flexibility index (Phi) is 6.29. The van der Waals surface area contributed by atoms with Crippen LogP contribution in [0.15, 0.2) is 63.8 Å². The van der Waals surface area contributed by atoms with Crippen LogP contribution in [0, 0.1) is 40.8 Å². The van der Waals surface area contributed by atoms with Crippen molar-refractivity contribution in [2.75, 3.05) is 0 Å². The molecule has 1 N–H and O–H groups in total. The summed E-state index contributed by atoms with van der Waals surface area (Å²) in [5.41, 5.74) is 0.635. The van der Waals surface area contributed by atoms with Crippen molar-refractivity contribution in [1.82, 2.24) is 0 Å². The number of aromatic hydroxyl groups is 1. The van der Waals surface area contributed by atoms with Crippen LogP contribution >= 0.6 is 0 Å². The summed E-state index contributed by atoms with van der Waals surface area (Å²) in [6, 6.07) is 16.0. The number of para-hydroxylation sites is 1. The molecule has 0 spiro atoms. The van der Waals surface area contributed by atoms with Gasteiger partial charge < -0.3 is 9.52 Å². The molecule has 1 heterocycles. The topological polar surface area (TPSA) is 67.5 Å². The maximum Gasteiger partial charge on any atom is 3.00 e. The Hall–Kier alpha value is -1.53. The molecule has 0 fully saturated rings. The van der Waals surface area contributed by atoms with Crippen LogP contribution in [0.3, 0.4) is 0 Å². The van der Waals surface area contributed by atoms with Crippen molar-refractivity contribution in [3.8, 4) is 5.75 Å². The molecule has 0 aliphatic heterocycles. The Morgan fingerprint density at radius 2 is 1.71 bits per heavy atom. The van der Waals surface area contributed by atoms with Gasteiger partial charge in [-0.2, -0.15) is 0 Å². The van der Waals surface area contributed by atoms with Crippen LogP contribution in [-0.4, -0.2) is 10.9 Å². The minimum absolute atomic E-state index is 0. The fourth-order valence-electron chi connectivity index (χ4n) is 2.81. The monoisotopic (exact) mass is 450 g/mol. The van der Waals surface area contributed by atoms with Gasteiger partial charge in [-0.1, -0.05) is 42.5 Å². The predicted octanol–water partition coefficient (Wildman–Crippen LogP) is 3.61. The molecular weight excluding hydrogens is 436 g/mol. The van der Waals surface area contributed by atoms with Crippen molar-refractivity contribution >= 4 is 16.8 Å². The zero-order valence-corrected chi connectivity index (χ0v) is 16.4. The summed E-state index contributed by atoms with van der Waals surface area (Å²) in [7, 11) is 0. The molecule has 0 aliphatic rings. The van der Waals surface area contributed by atoms with Crippen molar-refractivity contribution in [3.63, 3.8) is 0 Å². The summed E-state index contributed by atoms with van der Waals surface area (Å²) in [5.74, 6) is -0.715. The molecule has 0 amide bonds. The maximum absolute atomic E-state index is 12.4. The van der Waals surface area contributed by atoms with E-state index in [0.717, 1.165) is 5.56 Å².